The van der Waals surface area contributed by atoms with E-state index in [1.807, 2.05) is 0 Å². The molecule has 0 saturated heterocycles. The van der Waals surface area contributed by atoms with E-state index in [1.54, 1.807) is 36.4 Å². The highest BCUT2D eigenvalue weighted by Gasteiger charge is 2.31. The van der Waals surface area contributed by atoms with Crippen LogP contribution in [0.25, 0.3) is 5.70 Å². The monoisotopic (exact) mass is 460 g/mol. The molecule has 1 aliphatic heterocycles. The highest BCUT2D eigenvalue weighted by Crippen LogP contribution is 2.33. The van der Waals surface area contributed by atoms with Gasteiger partial charge in [0.05, 0.1) is 29.3 Å². The van der Waals surface area contributed by atoms with Crippen LogP contribution >= 0.6 is 0 Å². The second-order valence-electron chi connectivity index (χ2n) is 7.10. The minimum Gasteiger partial charge on any atom is -0.481 e. The van der Waals surface area contributed by atoms with Crippen LogP contribution in [0, 0.1) is 10.1 Å². The van der Waals surface area contributed by atoms with Crippen LogP contribution in [0.4, 0.5) is 11.4 Å². The van der Waals surface area contributed by atoms with Crippen molar-refractivity contribution >= 4 is 39.0 Å². The Morgan fingerprint density at radius 2 is 1.88 bits per heavy atom. The molecule has 32 heavy (non-hydrogen) atoms. The molecule has 0 radical (unpaired) electrons. The molecule has 1 atom stereocenters. The average molecular weight is 460 g/mol. The zero-order valence-corrected chi connectivity index (χ0v) is 17.7. The van der Waals surface area contributed by atoms with Gasteiger partial charge in [0.25, 0.3) is 5.69 Å². The molecular formula is C20H20N4O7S. The molecule has 0 aromatic heterocycles. The second kappa shape index (κ2) is 9.06. The highest BCUT2D eigenvalue weighted by atomic mass is 32.2. The van der Waals surface area contributed by atoms with Crippen LogP contribution in [-0.2, 0) is 19.6 Å². The summed E-state index contributed by atoms with van der Waals surface area (Å²) in [4.78, 5) is 34.2. The number of carbonyl (C=O) groups is 2. The lowest BCUT2D eigenvalue weighted by Gasteiger charge is -2.25. The Balaban J connectivity index is 1.93. The van der Waals surface area contributed by atoms with E-state index in [1.165, 1.54) is 23.2 Å². The summed E-state index contributed by atoms with van der Waals surface area (Å²) >= 11 is 0. The van der Waals surface area contributed by atoms with E-state index in [-0.39, 0.29) is 18.5 Å². The van der Waals surface area contributed by atoms with E-state index < -0.39 is 32.9 Å². The number of hydrogen-bond donors (Lipinski definition) is 3. The van der Waals surface area contributed by atoms with Crippen LogP contribution in [0.5, 0.6) is 0 Å². The molecule has 12 heteroatoms. The van der Waals surface area contributed by atoms with Crippen LogP contribution in [0.2, 0.25) is 0 Å². The summed E-state index contributed by atoms with van der Waals surface area (Å²) in [6, 6.07) is 11.5. The van der Waals surface area contributed by atoms with E-state index >= 15 is 0 Å². The summed E-state index contributed by atoms with van der Waals surface area (Å²) in [7, 11) is -3.43. The third-order valence-electron chi connectivity index (χ3n) is 4.59. The smallest absolute Gasteiger partial charge is 0.303 e. The molecule has 0 saturated carbocycles. The van der Waals surface area contributed by atoms with E-state index in [2.05, 4.69) is 10.1 Å². The lowest BCUT2D eigenvalue weighted by molar-refractivity contribution is -0.384. The molecule has 1 amide bonds. The Bertz CT molecular complexity index is 1190. The van der Waals surface area contributed by atoms with Crippen molar-refractivity contribution in [3.63, 3.8) is 0 Å². The van der Waals surface area contributed by atoms with Crippen LogP contribution in [0.3, 0.4) is 0 Å². The Kier molecular flexibility index (Phi) is 6.44. The maximum atomic E-state index is 12.7. The SMILES string of the molecule is CS(=O)(=O)Nc1ccc(C2=C[C@@H](c3cccc([N+](=O)[O-])c3)N(C(=O)CCC(=O)O)N2)cc1. The number of hydrogen-bond acceptors (Lipinski definition) is 7. The van der Waals surface area contributed by atoms with Crippen molar-refractivity contribution in [3.8, 4) is 0 Å². The third-order valence-corrected chi connectivity index (χ3v) is 5.19. The van der Waals surface area contributed by atoms with Gasteiger partial charge in [-0.1, -0.05) is 24.3 Å². The van der Waals surface area contributed by atoms with Gasteiger partial charge in [-0.2, -0.15) is 0 Å². The molecule has 168 valence electrons. The van der Waals surface area contributed by atoms with Crippen molar-refractivity contribution in [1.82, 2.24) is 10.4 Å². The quantitative estimate of drug-likeness (QED) is 0.400. The van der Waals surface area contributed by atoms with Gasteiger partial charge in [-0.15, -0.1) is 0 Å². The molecule has 0 aliphatic carbocycles. The zero-order valence-electron chi connectivity index (χ0n) is 16.9. The van der Waals surface area contributed by atoms with Gasteiger partial charge in [0.15, 0.2) is 0 Å². The third kappa shape index (κ3) is 5.60. The minimum absolute atomic E-state index is 0.140. The number of nitro groups is 1. The normalized spacial score (nSPS) is 15.6. The fourth-order valence-corrected chi connectivity index (χ4v) is 3.75. The molecule has 1 heterocycles. The number of sulfonamides is 1. The van der Waals surface area contributed by atoms with Gasteiger partial charge >= 0.3 is 5.97 Å². The lowest BCUT2D eigenvalue weighted by Crippen LogP contribution is -2.39. The predicted octanol–water partition coefficient (Wildman–Crippen LogP) is 2.26. The second-order valence-corrected chi connectivity index (χ2v) is 8.85. The number of carbonyl (C=O) groups excluding carboxylic acids is 1. The first-order valence-electron chi connectivity index (χ1n) is 9.38. The topological polar surface area (TPSA) is 159 Å². The fourth-order valence-electron chi connectivity index (χ4n) is 3.18. The number of benzene rings is 2. The number of nitrogens with zero attached hydrogens (tertiary/aromatic N) is 2. The molecule has 0 unspecified atom stereocenters. The van der Waals surface area contributed by atoms with Crippen molar-refractivity contribution < 1.29 is 28.0 Å². The zero-order chi connectivity index (χ0) is 23.5. The first-order valence-corrected chi connectivity index (χ1v) is 11.3. The van der Waals surface area contributed by atoms with Crippen LogP contribution < -0.4 is 10.1 Å². The summed E-state index contributed by atoms with van der Waals surface area (Å²) in [5, 5.41) is 21.3. The number of anilines is 1. The summed E-state index contributed by atoms with van der Waals surface area (Å²) in [5.41, 5.74) is 4.78. The van der Waals surface area contributed by atoms with Crippen LogP contribution in [0.15, 0.2) is 54.6 Å². The molecule has 3 rings (SSSR count). The first-order chi connectivity index (χ1) is 15.0. The van der Waals surface area contributed by atoms with Crippen molar-refractivity contribution in [1.29, 1.82) is 0 Å². The molecule has 2 aromatic carbocycles. The molecule has 0 spiro atoms. The Morgan fingerprint density at radius 1 is 1.19 bits per heavy atom. The first kappa shape index (κ1) is 22.7. The molecule has 0 fully saturated rings. The maximum Gasteiger partial charge on any atom is 0.303 e. The van der Waals surface area contributed by atoms with E-state index in [4.69, 9.17) is 5.11 Å². The summed E-state index contributed by atoms with van der Waals surface area (Å²) in [5.74, 6) is -1.61. The molecule has 2 aromatic rings. The average Bonchev–Trinajstić information content (AvgIpc) is 3.17. The number of non-ortho nitro benzene ring substituents is 1. The van der Waals surface area contributed by atoms with Gasteiger partial charge in [0.1, 0.15) is 0 Å². The molecule has 1 aliphatic rings. The summed E-state index contributed by atoms with van der Waals surface area (Å²) < 4.78 is 25.1. The summed E-state index contributed by atoms with van der Waals surface area (Å²) in [6.07, 6.45) is 2.11. The van der Waals surface area contributed by atoms with Gasteiger partial charge in [-0.05, 0) is 29.3 Å². The van der Waals surface area contributed by atoms with Crippen molar-refractivity contribution in [2.24, 2.45) is 0 Å². The number of hydrazine groups is 1. The van der Waals surface area contributed by atoms with E-state index in [9.17, 15) is 28.1 Å². The number of amides is 1. The standard InChI is InChI=1S/C20H20N4O7S/c1-32(30,31)22-15-7-5-13(6-8-15)17-12-18(14-3-2-4-16(11-14)24(28)29)23(21-17)19(25)9-10-20(26)27/h2-8,11-12,18,21-22H,9-10H2,1H3,(H,26,27)/t18-/m0/s1. The number of carboxylic acids is 1. The maximum absolute atomic E-state index is 12.7. The number of carboxylic acid groups (broad SMARTS) is 1. The number of rotatable bonds is 8. The highest BCUT2D eigenvalue weighted by molar-refractivity contribution is 7.92. The van der Waals surface area contributed by atoms with Gasteiger partial charge in [-0.3, -0.25) is 29.9 Å². The van der Waals surface area contributed by atoms with Gasteiger partial charge < -0.3 is 5.11 Å². The number of aliphatic carboxylic acids is 1. The number of nitro benzene ring substituents is 1. The van der Waals surface area contributed by atoms with Crippen molar-refractivity contribution in [3.05, 3.63) is 75.8 Å². The van der Waals surface area contributed by atoms with Gasteiger partial charge in [0, 0.05) is 24.2 Å². The predicted molar refractivity (Wildman–Crippen MR) is 116 cm³/mol. The Hall–Kier alpha value is -3.93. The van der Waals surface area contributed by atoms with Crippen LogP contribution in [-0.4, -0.2) is 41.6 Å². The van der Waals surface area contributed by atoms with Crippen LogP contribution in [0.1, 0.15) is 30.0 Å². The number of nitrogens with one attached hydrogen (secondary N) is 2. The van der Waals surface area contributed by atoms with E-state index in [0.717, 1.165) is 6.26 Å². The molecule has 3 N–H and O–H groups in total. The van der Waals surface area contributed by atoms with Gasteiger partial charge in [-0.25, -0.2) is 13.4 Å². The fraction of sp³-hybridized carbons (Fsp3) is 0.200. The van der Waals surface area contributed by atoms with Crippen molar-refractivity contribution in [2.75, 3.05) is 11.0 Å². The molecule has 11 nitrogen and oxygen atoms in total. The Labute approximate surface area is 183 Å². The molecular weight excluding hydrogens is 440 g/mol. The van der Waals surface area contributed by atoms with E-state index in [0.29, 0.717) is 22.5 Å². The van der Waals surface area contributed by atoms with Gasteiger partial charge in [0.2, 0.25) is 15.9 Å². The minimum atomic E-state index is -3.43. The summed E-state index contributed by atoms with van der Waals surface area (Å²) in [6.45, 7) is 0. The molecule has 0 bridgehead atoms. The lowest BCUT2D eigenvalue weighted by atomic mass is 10.0. The van der Waals surface area contributed by atoms with Crippen molar-refractivity contribution in [2.45, 2.75) is 18.9 Å². The largest absolute Gasteiger partial charge is 0.481 e. The Morgan fingerprint density at radius 3 is 2.47 bits per heavy atom.